The van der Waals surface area contributed by atoms with Gasteiger partial charge < -0.3 is 19.4 Å². The Bertz CT molecular complexity index is 1380. The van der Waals surface area contributed by atoms with E-state index in [4.69, 9.17) is 14.1 Å². The highest BCUT2D eigenvalue weighted by Gasteiger charge is 2.39. The van der Waals surface area contributed by atoms with Gasteiger partial charge in [0.1, 0.15) is 11.3 Å². The Morgan fingerprint density at radius 3 is 2.73 bits per heavy atom. The van der Waals surface area contributed by atoms with E-state index in [9.17, 15) is 4.79 Å². The lowest BCUT2D eigenvalue weighted by atomic mass is 10.1. The van der Waals surface area contributed by atoms with Crippen LogP contribution in [-0.4, -0.2) is 47.2 Å². The standard InChI is InChI=1S/C25H25N5O3/c1-14-9-17(14)24(31)29-23-11-18-19(12-27-23)15(2)26-13-20(18)25-28-21-10-16(3-4-22(21)33-25)30-5-7-32-8-6-30/h3-4,10-14,17H,5-9H2,1-2H3,(H,27,29,31)/t14-,17+/m1/s1. The molecule has 1 saturated heterocycles. The lowest BCUT2D eigenvalue weighted by Crippen LogP contribution is -2.36. The number of fused-ring (bicyclic) bond motifs is 2. The van der Waals surface area contributed by atoms with E-state index in [2.05, 4.69) is 39.2 Å². The van der Waals surface area contributed by atoms with E-state index < -0.39 is 0 Å². The van der Waals surface area contributed by atoms with E-state index in [1.807, 2.05) is 19.1 Å². The van der Waals surface area contributed by atoms with Gasteiger partial charge in [-0.05, 0) is 43.5 Å². The van der Waals surface area contributed by atoms with Crippen LogP contribution >= 0.6 is 0 Å². The topological polar surface area (TPSA) is 93.4 Å². The van der Waals surface area contributed by atoms with Gasteiger partial charge in [-0.3, -0.25) is 9.78 Å². The molecule has 0 radical (unpaired) electrons. The third kappa shape index (κ3) is 3.70. The third-order valence-corrected chi connectivity index (χ3v) is 6.65. The summed E-state index contributed by atoms with van der Waals surface area (Å²) in [6, 6.07) is 7.97. The summed E-state index contributed by atoms with van der Waals surface area (Å²) in [5.41, 5.74) is 4.27. The zero-order valence-corrected chi connectivity index (χ0v) is 18.7. The Hall–Kier alpha value is -3.52. The van der Waals surface area contributed by atoms with Crippen LogP contribution in [0.15, 0.2) is 41.1 Å². The molecule has 2 fully saturated rings. The number of aryl methyl sites for hydroxylation is 1. The summed E-state index contributed by atoms with van der Waals surface area (Å²) in [4.78, 5) is 28.5. The maximum atomic E-state index is 12.4. The molecule has 1 aliphatic carbocycles. The Labute approximate surface area is 191 Å². The molecule has 3 aromatic heterocycles. The first kappa shape index (κ1) is 20.1. The number of hydrogen-bond donors (Lipinski definition) is 1. The van der Waals surface area contributed by atoms with Crippen LogP contribution in [-0.2, 0) is 9.53 Å². The molecular weight excluding hydrogens is 418 g/mol. The molecule has 6 rings (SSSR count). The van der Waals surface area contributed by atoms with Crippen LogP contribution in [0.3, 0.4) is 0 Å². The first-order valence-electron chi connectivity index (χ1n) is 11.4. The smallest absolute Gasteiger partial charge is 0.229 e. The predicted molar refractivity (Wildman–Crippen MR) is 126 cm³/mol. The van der Waals surface area contributed by atoms with Gasteiger partial charge in [-0.1, -0.05) is 6.92 Å². The number of anilines is 2. The van der Waals surface area contributed by atoms with Crippen molar-refractivity contribution in [1.29, 1.82) is 0 Å². The van der Waals surface area contributed by atoms with Crippen molar-refractivity contribution in [3.63, 3.8) is 0 Å². The molecular formula is C25H25N5O3. The molecule has 1 saturated carbocycles. The summed E-state index contributed by atoms with van der Waals surface area (Å²) < 4.78 is 11.6. The van der Waals surface area contributed by atoms with Crippen molar-refractivity contribution in [1.82, 2.24) is 15.0 Å². The van der Waals surface area contributed by atoms with Crippen molar-refractivity contribution in [3.8, 4) is 11.5 Å². The van der Waals surface area contributed by atoms with E-state index in [0.29, 0.717) is 17.6 Å². The predicted octanol–water partition coefficient (Wildman–Crippen LogP) is 4.18. The number of nitrogens with zero attached hydrogens (tertiary/aromatic N) is 4. The normalized spacial score (nSPS) is 20.4. The highest BCUT2D eigenvalue weighted by molar-refractivity contribution is 6.00. The molecule has 4 aromatic rings. The van der Waals surface area contributed by atoms with Crippen LogP contribution < -0.4 is 10.2 Å². The van der Waals surface area contributed by atoms with Gasteiger partial charge in [-0.25, -0.2) is 9.97 Å². The summed E-state index contributed by atoms with van der Waals surface area (Å²) in [5, 5.41) is 4.76. The number of nitrogens with one attached hydrogen (secondary N) is 1. The molecule has 8 nitrogen and oxygen atoms in total. The minimum absolute atomic E-state index is 0.0270. The number of ether oxygens (including phenoxy) is 1. The van der Waals surface area contributed by atoms with Crippen molar-refractivity contribution >= 4 is 39.3 Å². The number of oxazole rings is 1. The van der Waals surface area contributed by atoms with E-state index in [1.54, 1.807) is 12.4 Å². The number of carbonyl (C=O) groups excluding carboxylic acids is 1. The molecule has 168 valence electrons. The average Bonchev–Trinajstić information content (AvgIpc) is 3.42. The van der Waals surface area contributed by atoms with Crippen LogP contribution in [0, 0.1) is 18.8 Å². The SMILES string of the molecule is Cc1ncc(-c2nc3cc(N4CCOCC4)ccc3o2)c2cc(NC(=O)[C@H]3C[C@H]3C)ncc12. The Kier molecular flexibility index (Phi) is 4.76. The molecule has 1 aromatic carbocycles. The first-order chi connectivity index (χ1) is 16.1. The molecule has 8 heteroatoms. The van der Waals surface area contributed by atoms with Gasteiger partial charge in [-0.15, -0.1) is 0 Å². The number of benzene rings is 1. The van der Waals surface area contributed by atoms with Crippen molar-refractivity contribution < 1.29 is 13.9 Å². The van der Waals surface area contributed by atoms with Gasteiger partial charge in [0.15, 0.2) is 5.58 Å². The number of morpholine rings is 1. The summed E-state index contributed by atoms with van der Waals surface area (Å²) in [7, 11) is 0. The fourth-order valence-corrected chi connectivity index (χ4v) is 4.46. The molecule has 2 atom stereocenters. The van der Waals surface area contributed by atoms with Crippen molar-refractivity contribution in [3.05, 3.63) is 42.4 Å². The summed E-state index contributed by atoms with van der Waals surface area (Å²) >= 11 is 0. The molecule has 33 heavy (non-hydrogen) atoms. The van der Waals surface area contributed by atoms with E-state index >= 15 is 0 Å². The van der Waals surface area contributed by atoms with Crippen LogP contribution in [0.2, 0.25) is 0 Å². The molecule has 4 heterocycles. The fourth-order valence-electron chi connectivity index (χ4n) is 4.46. The monoisotopic (exact) mass is 443 g/mol. The second-order valence-corrected chi connectivity index (χ2v) is 8.95. The number of amides is 1. The second kappa shape index (κ2) is 7.81. The molecule has 0 bridgehead atoms. The maximum Gasteiger partial charge on any atom is 0.229 e. The molecule has 1 N–H and O–H groups in total. The quantitative estimate of drug-likeness (QED) is 0.506. The van der Waals surface area contributed by atoms with Gasteiger partial charge in [-0.2, -0.15) is 0 Å². The third-order valence-electron chi connectivity index (χ3n) is 6.65. The minimum Gasteiger partial charge on any atom is -0.436 e. The summed E-state index contributed by atoms with van der Waals surface area (Å²) in [6.07, 6.45) is 4.47. The van der Waals surface area contributed by atoms with Gasteiger partial charge in [0.25, 0.3) is 0 Å². The molecule has 1 amide bonds. The van der Waals surface area contributed by atoms with E-state index in [0.717, 1.165) is 71.5 Å². The molecule has 0 spiro atoms. The number of aromatic nitrogens is 3. The molecule has 2 aliphatic rings. The van der Waals surface area contributed by atoms with Gasteiger partial charge in [0, 0.05) is 53.6 Å². The Balaban J connectivity index is 1.38. The lowest BCUT2D eigenvalue weighted by molar-refractivity contribution is -0.117. The van der Waals surface area contributed by atoms with Crippen LogP contribution in [0.1, 0.15) is 19.0 Å². The fraction of sp³-hybridized carbons (Fsp3) is 0.360. The van der Waals surface area contributed by atoms with Crippen LogP contribution in [0.25, 0.3) is 33.3 Å². The highest BCUT2D eigenvalue weighted by atomic mass is 16.5. The second-order valence-electron chi connectivity index (χ2n) is 8.95. The van der Waals surface area contributed by atoms with E-state index in [1.165, 1.54) is 0 Å². The molecule has 1 aliphatic heterocycles. The molecule has 0 unspecified atom stereocenters. The van der Waals surface area contributed by atoms with Crippen LogP contribution in [0.5, 0.6) is 0 Å². The highest BCUT2D eigenvalue weighted by Crippen LogP contribution is 2.39. The zero-order valence-electron chi connectivity index (χ0n) is 18.7. The maximum absolute atomic E-state index is 12.4. The number of rotatable bonds is 4. The number of carbonyl (C=O) groups is 1. The lowest BCUT2D eigenvalue weighted by Gasteiger charge is -2.28. The minimum atomic E-state index is 0.0270. The van der Waals surface area contributed by atoms with Crippen LogP contribution in [0.4, 0.5) is 11.5 Å². The summed E-state index contributed by atoms with van der Waals surface area (Å²) in [6.45, 7) is 7.22. The van der Waals surface area contributed by atoms with Crippen molar-refractivity contribution in [2.24, 2.45) is 11.8 Å². The number of pyridine rings is 2. The largest absolute Gasteiger partial charge is 0.436 e. The van der Waals surface area contributed by atoms with Gasteiger partial charge >= 0.3 is 0 Å². The van der Waals surface area contributed by atoms with Crippen molar-refractivity contribution in [2.75, 3.05) is 36.5 Å². The first-order valence-corrected chi connectivity index (χ1v) is 11.4. The van der Waals surface area contributed by atoms with Gasteiger partial charge in [0.2, 0.25) is 11.8 Å². The Morgan fingerprint density at radius 1 is 1.12 bits per heavy atom. The zero-order chi connectivity index (χ0) is 22.5. The number of hydrogen-bond acceptors (Lipinski definition) is 7. The van der Waals surface area contributed by atoms with Gasteiger partial charge in [0.05, 0.1) is 18.8 Å². The summed E-state index contributed by atoms with van der Waals surface area (Å²) in [5.74, 6) is 1.58. The van der Waals surface area contributed by atoms with E-state index in [-0.39, 0.29) is 11.8 Å². The Morgan fingerprint density at radius 2 is 1.94 bits per heavy atom. The average molecular weight is 444 g/mol. The van der Waals surface area contributed by atoms with Crippen molar-refractivity contribution in [2.45, 2.75) is 20.3 Å².